The van der Waals surface area contributed by atoms with Gasteiger partial charge in [0.05, 0.1) is 13.1 Å². The second-order valence-electron chi connectivity index (χ2n) is 6.95. The number of nitrogens with zero attached hydrogens (tertiary/aromatic N) is 1. The Morgan fingerprint density at radius 2 is 1.83 bits per heavy atom. The summed E-state index contributed by atoms with van der Waals surface area (Å²) in [6, 6.07) is 9.86. The number of hydrogen-bond acceptors (Lipinski definition) is 2. The fourth-order valence-electron chi connectivity index (χ4n) is 3.53. The molecule has 2 aliphatic rings. The normalized spacial score (nSPS) is 25.7. The van der Waals surface area contributed by atoms with E-state index >= 15 is 0 Å². The molecule has 0 spiro atoms. The lowest BCUT2D eigenvalue weighted by Crippen LogP contribution is -3.14. The monoisotopic (exact) mass is 316 g/mol. The number of hydrogen-bond donors (Lipinski definition) is 2. The summed E-state index contributed by atoms with van der Waals surface area (Å²) in [5.74, 6) is -0.0727. The van der Waals surface area contributed by atoms with Gasteiger partial charge in [-0.3, -0.25) is 4.79 Å². The van der Waals surface area contributed by atoms with E-state index in [-0.39, 0.29) is 11.9 Å². The summed E-state index contributed by atoms with van der Waals surface area (Å²) in [5.41, 5.74) is 0.415. The molecular formula is C18H26N3O2+. The first-order chi connectivity index (χ1) is 11.1. The van der Waals surface area contributed by atoms with Gasteiger partial charge in [0.1, 0.15) is 5.54 Å². The number of nitrogens with one attached hydrogen (secondary N) is 2. The molecule has 2 fully saturated rings. The minimum Gasteiger partial charge on any atom is -0.323 e. The molecule has 2 saturated heterocycles. The highest BCUT2D eigenvalue weighted by Crippen LogP contribution is 2.22. The van der Waals surface area contributed by atoms with Crippen molar-refractivity contribution in [2.24, 2.45) is 0 Å². The van der Waals surface area contributed by atoms with Crippen LogP contribution in [0.4, 0.5) is 4.79 Å². The molecule has 1 aromatic rings. The van der Waals surface area contributed by atoms with Crippen LogP contribution in [0.25, 0.3) is 0 Å². The molecule has 5 heteroatoms. The number of urea groups is 1. The highest BCUT2D eigenvalue weighted by Gasteiger charge is 2.48. The summed E-state index contributed by atoms with van der Waals surface area (Å²) >= 11 is 0. The zero-order valence-corrected chi connectivity index (χ0v) is 13.8. The first-order valence-corrected chi connectivity index (χ1v) is 8.60. The fourth-order valence-corrected chi connectivity index (χ4v) is 3.53. The number of aryl methyl sites for hydroxylation is 1. The van der Waals surface area contributed by atoms with Crippen molar-refractivity contribution in [2.45, 2.75) is 44.6 Å². The van der Waals surface area contributed by atoms with Gasteiger partial charge in [0.25, 0.3) is 5.91 Å². The van der Waals surface area contributed by atoms with Crippen molar-refractivity contribution in [3.63, 3.8) is 0 Å². The average molecular weight is 316 g/mol. The van der Waals surface area contributed by atoms with Crippen LogP contribution in [0.1, 0.15) is 38.2 Å². The lowest BCUT2D eigenvalue weighted by atomic mass is 9.93. The van der Waals surface area contributed by atoms with Gasteiger partial charge in [-0.1, -0.05) is 30.3 Å². The Kier molecular flexibility index (Phi) is 4.66. The van der Waals surface area contributed by atoms with E-state index in [2.05, 4.69) is 17.4 Å². The van der Waals surface area contributed by atoms with E-state index in [1.807, 2.05) is 25.1 Å². The summed E-state index contributed by atoms with van der Waals surface area (Å²) in [5, 5.41) is 2.91. The zero-order chi connectivity index (χ0) is 16.3. The lowest BCUT2D eigenvalue weighted by Gasteiger charge is -2.27. The van der Waals surface area contributed by atoms with Crippen molar-refractivity contribution in [3.05, 3.63) is 35.9 Å². The Hall–Kier alpha value is -1.88. The first kappa shape index (κ1) is 16.0. The van der Waals surface area contributed by atoms with E-state index in [1.165, 1.54) is 34.6 Å². The summed E-state index contributed by atoms with van der Waals surface area (Å²) < 4.78 is 0. The first-order valence-electron chi connectivity index (χ1n) is 8.60. The molecule has 1 atom stereocenters. The number of rotatable bonds is 5. The maximum absolute atomic E-state index is 12.8. The van der Waals surface area contributed by atoms with Crippen LogP contribution in [0.3, 0.4) is 0 Å². The highest BCUT2D eigenvalue weighted by atomic mass is 16.2. The van der Waals surface area contributed by atoms with E-state index in [4.69, 9.17) is 0 Å². The highest BCUT2D eigenvalue weighted by molar-refractivity contribution is 6.06. The Bertz CT molecular complexity index is 569. The largest absolute Gasteiger partial charge is 0.329 e. The van der Waals surface area contributed by atoms with Crippen LogP contribution >= 0.6 is 0 Å². The fraction of sp³-hybridized carbons (Fsp3) is 0.556. The third kappa shape index (κ3) is 3.55. The van der Waals surface area contributed by atoms with Crippen molar-refractivity contribution >= 4 is 11.9 Å². The van der Waals surface area contributed by atoms with Crippen LogP contribution in [0.5, 0.6) is 0 Å². The minimum atomic E-state index is -0.776. The van der Waals surface area contributed by atoms with Gasteiger partial charge in [-0.25, -0.2) is 9.69 Å². The number of amides is 3. The van der Waals surface area contributed by atoms with Gasteiger partial charge in [-0.15, -0.1) is 0 Å². The molecule has 0 aromatic heterocycles. The molecule has 2 N–H and O–H groups in total. The number of likely N-dealkylation sites (tertiary alicyclic amines) is 1. The SMILES string of the molecule is C[C@]1(CCc2ccccc2)NC(=O)N(C[NH+]2CCCCC2)C1=O. The van der Waals surface area contributed by atoms with Crippen molar-refractivity contribution in [3.8, 4) is 0 Å². The van der Waals surface area contributed by atoms with Crippen LogP contribution in [-0.4, -0.2) is 42.1 Å². The molecule has 0 saturated carbocycles. The third-order valence-corrected chi connectivity index (χ3v) is 5.04. The molecule has 2 aliphatic heterocycles. The van der Waals surface area contributed by atoms with Gasteiger partial charge >= 0.3 is 6.03 Å². The second-order valence-corrected chi connectivity index (χ2v) is 6.95. The van der Waals surface area contributed by atoms with E-state index in [0.717, 1.165) is 19.5 Å². The van der Waals surface area contributed by atoms with E-state index in [1.54, 1.807) is 0 Å². The van der Waals surface area contributed by atoms with E-state index < -0.39 is 5.54 Å². The van der Waals surface area contributed by atoms with E-state index in [9.17, 15) is 9.59 Å². The number of carbonyl (C=O) groups excluding carboxylic acids is 2. The minimum absolute atomic E-state index is 0.0727. The number of piperidine rings is 1. The van der Waals surface area contributed by atoms with Crippen molar-refractivity contribution in [1.82, 2.24) is 10.2 Å². The molecule has 0 radical (unpaired) electrons. The lowest BCUT2D eigenvalue weighted by molar-refractivity contribution is -0.912. The van der Waals surface area contributed by atoms with Crippen LogP contribution in [0.15, 0.2) is 30.3 Å². The van der Waals surface area contributed by atoms with Gasteiger partial charge < -0.3 is 10.2 Å². The van der Waals surface area contributed by atoms with Gasteiger partial charge in [-0.05, 0) is 44.6 Å². The van der Waals surface area contributed by atoms with Crippen LogP contribution in [0.2, 0.25) is 0 Å². The maximum atomic E-state index is 12.8. The van der Waals surface area contributed by atoms with Crippen molar-refractivity contribution < 1.29 is 14.5 Å². The molecule has 3 rings (SSSR count). The molecule has 0 bridgehead atoms. The predicted molar refractivity (Wildman–Crippen MR) is 88.0 cm³/mol. The molecule has 23 heavy (non-hydrogen) atoms. The summed E-state index contributed by atoms with van der Waals surface area (Å²) in [7, 11) is 0. The molecule has 5 nitrogen and oxygen atoms in total. The van der Waals surface area contributed by atoms with Crippen LogP contribution in [-0.2, 0) is 11.2 Å². The smallest absolute Gasteiger partial charge is 0.323 e. The van der Waals surface area contributed by atoms with Gasteiger partial charge in [0.15, 0.2) is 6.67 Å². The summed E-state index contributed by atoms with van der Waals surface area (Å²) in [6.45, 7) is 4.46. The van der Waals surface area contributed by atoms with Gasteiger partial charge in [0.2, 0.25) is 0 Å². The Morgan fingerprint density at radius 1 is 1.13 bits per heavy atom. The van der Waals surface area contributed by atoms with E-state index in [0.29, 0.717) is 13.1 Å². The Labute approximate surface area is 137 Å². The topological polar surface area (TPSA) is 53.9 Å². The molecule has 2 heterocycles. The van der Waals surface area contributed by atoms with Crippen LogP contribution in [0, 0.1) is 0 Å². The Balaban J connectivity index is 1.62. The molecule has 0 aliphatic carbocycles. The number of quaternary nitrogens is 1. The summed E-state index contributed by atoms with van der Waals surface area (Å²) in [6.07, 6.45) is 5.05. The average Bonchev–Trinajstić information content (AvgIpc) is 2.79. The molecule has 0 unspecified atom stereocenters. The number of imide groups is 1. The number of benzene rings is 1. The molecule has 1 aromatic carbocycles. The predicted octanol–water partition coefficient (Wildman–Crippen LogP) is 0.956. The second kappa shape index (κ2) is 6.71. The van der Waals surface area contributed by atoms with Gasteiger partial charge in [-0.2, -0.15) is 0 Å². The third-order valence-electron chi connectivity index (χ3n) is 5.04. The van der Waals surface area contributed by atoms with Crippen LogP contribution < -0.4 is 10.2 Å². The van der Waals surface area contributed by atoms with Crippen molar-refractivity contribution in [2.75, 3.05) is 19.8 Å². The van der Waals surface area contributed by atoms with Gasteiger partial charge in [0, 0.05) is 0 Å². The quantitative estimate of drug-likeness (QED) is 0.795. The summed E-state index contributed by atoms with van der Waals surface area (Å²) in [4.78, 5) is 27.8. The molecular weight excluding hydrogens is 290 g/mol. The number of carbonyl (C=O) groups is 2. The Morgan fingerprint density at radius 3 is 2.52 bits per heavy atom. The molecule has 3 amide bonds. The molecule has 124 valence electrons. The van der Waals surface area contributed by atoms with Crippen molar-refractivity contribution in [1.29, 1.82) is 0 Å². The zero-order valence-electron chi connectivity index (χ0n) is 13.8. The standard InChI is InChI=1S/C18H25N3O2/c1-18(11-10-15-8-4-2-5-9-15)16(22)21(17(23)19-18)14-20-12-6-3-7-13-20/h2,4-5,8-9H,3,6-7,10-14H2,1H3,(H,19,23)/p+1/t18-/m1/s1. The maximum Gasteiger partial charge on any atom is 0.329 e.